The number of hydrogen-bond donors (Lipinski definition) is 0. The van der Waals surface area contributed by atoms with Gasteiger partial charge in [-0.2, -0.15) is 24.8 Å². The molecule has 0 atom stereocenters. The number of nitriles is 1. The number of anilines is 1. The van der Waals surface area contributed by atoms with Gasteiger partial charge in [0.25, 0.3) is 5.78 Å². The molecular weight excluding hydrogens is 366 g/mol. The lowest BCUT2D eigenvalue weighted by Gasteiger charge is -2.24. The minimum atomic E-state index is -0.752. The smallest absolute Gasteiger partial charge is 0.255 e. The van der Waals surface area contributed by atoms with E-state index < -0.39 is 11.6 Å². The zero-order valence-electron chi connectivity index (χ0n) is 15.9. The van der Waals surface area contributed by atoms with Crippen molar-refractivity contribution in [3.05, 3.63) is 47.6 Å². The first-order valence-corrected chi connectivity index (χ1v) is 8.50. The Bertz CT molecular complexity index is 1110. The van der Waals surface area contributed by atoms with E-state index in [0.29, 0.717) is 12.4 Å². The Hall–Kier alpha value is -3.54. The molecule has 0 aliphatic rings. The molecule has 3 aromatic rings. The van der Waals surface area contributed by atoms with Gasteiger partial charge < -0.3 is 9.64 Å². The molecule has 9 heteroatoms. The van der Waals surface area contributed by atoms with Gasteiger partial charge in [0.2, 0.25) is 0 Å². The van der Waals surface area contributed by atoms with E-state index in [1.165, 1.54) is 18.0 Å². The van der Waals surface area contributed by atoms with E-state index in [2.05, 4.69) is 15.1 Å². The van der Waals surface area contributed by atoms with E-state index in [9.17, 15) is 14.0 Å². The summed E-state index contributed by atoms with van der Waals surface area (Å²) in [7, 11) is 1.25. The summed E-state index contributed by atoms with van der Waals surface area (Å²) in [5.41, 5.74) is 0.895. The quantitative estimate of drug-likeness (QED) is 0.667. The lowest BCUT2D eigenvalue weighted by Crippen LogP contribution is -2.21. The summed E-state index contributed by atoms with van der Waals surface area (Å²) < 4.78 is 35.5. The fourth-order valence-electron chi connectivity index (χ4n) is 2.91. The highest BCUT2D eigenvalue weighted by molar-refractivity contribution is 5.83. The van der Waals surface area contributed by atoms with Crippen molar-refractivity contribution < 1.29 is 13.5 Å². The Morgan fingerprint density at radius 1 is 1.32 bits per heavy atom. The van der Waals surface area contributed by atoms with E-state index in [4.69, 9.17) is 4.74 Å². The van der Waals surface area contributed by atoms with Crippen molar-refractivity contribution >= 4 is 11.6 Å². The molecule has 0 aliphatic heterocycles. The minimum absolute atomic E-state index is 0.0837. The van der Waals surface area contributed by atoms with Gasteiger partial charge in [-0.1, -0.05) is 5.57 Å². The molecule has 0 aliphatic carbocycles. The number of aromatic nitrogens is 4. The van der Waals surface area contributed by atoms with Crippen LogP contribution in [0, 0.1) is 23.0 Å². The van der Waals surface area contributed by atoms with Crippen molar-refractivity contribution in [2.24, 2.45) is 0 Å². The summed E-state index contributed by atoms with van der Waals surface area (Å²) >= 11 is 0. The predicted molar refractivity (Wildman–Crippen MR) is 99.9 cm³/mol. The van der Waals surface area contributed by atoms with Crippen LogP contribution in [0.2, 0.25) is 0 Å². The van der Waals surface area contributed by atoms with Crippen molar-refractivity contribution in [1.82, 2.24) is 19.6 Å². The van der Waals surface area contributed by atoms with Crippen LogP contribution >= 0.6 is 0 Å². The summed E-state index contributed by atoms with van der Waals surface area (Å²) in [4.78, 5) is 9.99. The van der Waals surface area contributed by atoms with Gasteiger partial charge in [-0.15, -0.1) is 0 Å². The number of benzene rings is 1. The van der Waals surface area contributed by atoms with Gasteiger partial charge in [-0.05, 0) is 26.8 Å². The zero-order valence-corrected chi connectivity index (χ0v) is 15.9. The largest absolute Gasteiger partial charge is 0.494 e. The van der Waals surface area contributed by atoms with Crippen molar-refractivity contribution in [3.8, 4) is 22.9 Å². The Morgan fingerprint density at radius 2 is 2.07 bits per heavy atom. The maximum atomic E-state index is 14.9. The minimum Gasteiger partial charge on any atom is -0.494 e. The molecule has 144 valence electrons. The maximum Gasteiger partial charge on any atom is 0.255 e. The number of fused-ring (bicyclic) bond motifs is 1. The second-order valence-corrected chi connectivity index (χ2v) is 6.20. The SMILES string of the molecule is CCN(C=C(C)C)c1c(-c2cc(F)c(OC)cc2F)c(C#N)nc2ncnn12. The molecule has 1 aromatic carbocycles. The van der Waals surface area contributed by atoms with Crippen molar-refractivity contribution in [1.29, 1.82) is 5.26 Å². The standard InChI is InChI=1S/C19H18F2N6O/c1-5-26(9-11(2)3)18-17(12-6-14(21)16(28-4)7-13(12)20)15(8-22)25-19-23-10-24-27(18)19/h6-7,9-10H,5H2,1-4H3. The fourth-order valence-corrected chi connectivity index (χ4v) is 2.91. The molecule has 3 rings (SSSR count). The lowest BCUT2D eigenvalue weighted by atomic mass is 10.0. The fraction of sp³-hybridized carbons (Fsp3) is 0.263. The number of methoxy groups -OCH3 is 1. The van der Waals surface area contributed by atoms with Gasteiger partial charge in [0.05, 0.1) is 12.7 Å². The molecular formula is C19H18F2N6O. The first-order chi connectivity index (χ1) is 13.4. The second kappa shape index (κ2) is 7.60. The zero-order chi connectivity index (χ0) is 20.4. The Morgan fingerprint density at radius 3 is 2.68 bits per heavy atom. The van der Waals surface area contributed by atoms with Crippen LogP contribution < -0.4 is 9.64 Å². The molecule has 2 heterocycles. The van der Waals surface area contributed by atoms with Crippen LogP contribution in [-0.4, -0.2) is 33.2 Å². The molecule has 0 amide bonds. The molecule has 0 saturated carbocycles. The monoisotopic (exact) mass is 384 g/mol. The number of hydrogen-bond acceptors (Lipinski definition) is 6. The summed E-state index contributed by atoms with van der Waals surface area (Å²) in [5.74, 6) is -1.17. The van der Waals surface area contributed by atoms with Crippen molar-refractivity contribution in [3.63, 3.8) is 0 Å². The molecule has 0 spiro atoms. The third kappa shape index (κ3) is 3.24. The molecule has 0 fully saturated rings. The van der Waals surface area contributed by atoms with Crippen LogP contribution in [-0.2, 0) is 0 Å². The normalized spacial score (nSPS) is 10.6. The van der Waals surface area contributed by atoms with Crippen LogP contribution in [0.3, 0.4) is 0 Å². The second-order valence-electron chi connectivity index (χ2n) is 6.20. The Kier molecular flexibility index (Phi) is 5.22. The van der Waals surface area contributed by atoms with E-state index in [1.54, 1.807) is 4.90 Å². The highest BCUT2D eigenvalue weighted by atomic mass is 19.1. The first kappa shape index (κ1) is 19.2. The van der Waals surface area contributed by atoms with Crippen molar-refractivity contribution in [2.75, 3.05) is 18.6 Å². The van der Waals surface area contributed by atoms with E-state index in [0.717, 1.165) is 17.7 Å². The Labute approximate surface area is 160 Å². The van der Waals surface area contributed by atoms with Gasteiger partial charge in [0.15, 0.2) is 17.3 Å². The molecule has 0 N–H and O–H groups in total. The molecule has 0 unspecified atom stereocenters. The third-order valence-corrected chi connectivity index (χ3v) is 4.05. The number of ether oxygens (including phenoxy) is 1. The van der Waals surface area contributed by atoms with Crippen LogP contribution in [0.1, 0.15) is 26.5 Å². The van der Waals surface area contributed by atoms with Crippen LogP contribution in [0.5, 0.6) is 5.75 Å². The highest BCUT2D eigenvalue weighted by Gasteiger charge is 2.25. The molecule has 2 aromatic heterocycles. The summed E-state index contributed by atoms with van der Waals surface area (Å²) in [6.07, 6.45) is 3.12. The summed E-state index contributed by atoms with van der Waals surface area (Å²) in [6.45, 7) is 6.19. The van der Waals surface area contributed by atoms with E-state index in [1.807, 2.05) is 33.0 Å². The first-order valence-electron chi connectivity index (χ1n) is 8.50. The molecule has 7 nitrogen and oxygen atoms in total. The van der Waals surface area contributed by atoms with Crippen LogP contribution in [0.4, 0.5) is 14.6 Å². The topological polar surface area (TPSA) is 79.3 Å². The summed E-state index contributed by atoms with van der Waals surface area (Å²) in [5, 5.41) is 13.8. The number of nitrogens with zero attached hydrogens (tertiary/aromatic N) is 6. The molecule has 28 heavy (non-hydrogen) atoms. The van der Waals surface area contributed by atoms with Crippen molar-refractivity contribution in [2.45, 2.75) is 20.8 Å². The van der Waals surface area contributed by atoms with Gasteiger partial charge in [0, 0.05) is 24.4 Å². The lowest BCUT2D eigenvalue weighted by molar-refractivity contribution is 0.383. The van der Waals surface area contributed by atoms with Crippen LogP contribution in [0.25, 0.3) is 16.9 Å². The molecule has 0 radical (unpaired) electrons. The number of halogens is 2. The number of rotatable bonds is 5. The highest BCUT2D eigenvalue weighted by Crippen LogP contribution is 2.37. The maximum absolute atomic E-state index is 14.9. The Balaban J connectivity index is 2.45. The van der Waals surface area contributed by atoms with Gasteiger partial charge in [-0.25, -0.2) is 8.78 Å². The average molecular weight is 384 g/mol. The molecule has 0 saturated heterocycles. The molecule has 0 bridgehead atoms. The third-order valence-electron chi connectivity index (χ3n) is 4.05. The summed E-state index contributed by atoms with van der Waals surface area (Å²) in [6, 6.07) is 3.90. The van der Waals surface area contributed by atoms with E-state index in [-0.39, 0.29) is 28.3 Å². The number of allylic oxidation sites excluding steroid dienone is 1. The predicted octanol–water partition coefficient (Wildman–Crippen LogP) is 3.70. The van der Waals surface area contributed by atoms with Gasteiger partial charge in [0.1, 0.15) is 24.0 Å². The average Bonchev–Trinajstić information content (AvgIpc) is 3.14. The van der Waals surface area contributed by atoms with Gasteiger partial charge >= 0.3 is 0 Å². The van der Waals surface area contributed by atoms with E-state index >= 15 is 0 Å². The van der Waals surface area contributed by atoms with Crippen LogP contribution in [0.15, 0.2) is 30.2 Å². The van der Waals surface area contributed by atoms with Gasteiger partial charge in [-0.3, -0.25) is 0 Å².